The van der Waals surface area contributed by atoms with Gasteiger partial charge in [0.1, 0.15) is 0 Å². The van der Waals surface area contributed by atoms with Crippen molar-refractivity contribution >= 4 is 5.91 Å². The first kappa shape index (κ1) is 14.5. The van der Waals surface area contributed by atoms with Crippen LogP contribution in [0.2, 0.25) is 0 Å². The minimum absolute atomic E-state index is 0.183. The first-order valence-electron chi connectivity index (χ1n) is 7.04. The molecule has 3 heteroatoms. The Morgan fingerprint density at radius 2 is 2.12 bits per heavy atom. The molecule has 0 bridgehead atoms. The molecule has 1 fully saturated rings. The molecule has 100 valence electrons. The molecular weight excluding hydrogens is 212 g/mol. The zero-order chi connectivity index (χ0) is 12.8. The molecule has 0 spiro atoms. The summed E-state index contributed by atoms with van der Waals surface area (Å²) in [6, 6.07) is 0.973. The Morgan fingerprint density at radius 3 is 2.65 bits per heavy atom. The van der Waals surface area contributed by atoms with Gasteiger partial charge in [0.2, 0.25) is 5.91 Å². The fourth-order valence-corrected chi connectivity index (χ4v) is 2.54. The van der Waals surface area contributed by atoms with Gasteiger partial charge in [-0.1, -0.05) is 27.2 Å². The fourth-order valence-electron chi connectivity index (χ4n) is 2.54. The highest BCUT2D eigenvalue weighted by Gasteiger charge is 2.25. The number of likely N-dealkylation sites (tertiary alicyclic amines) is 1. The highest BCUT2D eigenvalue weighted by Crippen LogP contribution is 2.21. The number of nitrogens with zero attached hydrogens (tertiary/aromatic N) is 1. The minimum atomic E-state index is 0.183. The van der Waals surface area contributed by atoms with E-state index in [0.29, 0.717) is 24.4 Å². The molecule has 0 saturated carbocycles. The zero-order valence-corrected chi connectivity index (χ0v) is 11.8. The van der Waals surface area contributed by atoms with Gasteiger partial charge < -0.3 is 10.2 Å². The van der Waals surface area contributed by atoms with Crippen molar-refractivity contribution < 1.29 is 4.79 Å². The van der Waals surface area contributed by atoms with Crippen LogP contribution in [-0.4, -0.2) is 36.5 Å². The van der Waals surface area contributed by atoms with Gasteiger partial charge in [-0.2, -0.15) is 0 Å². The van der Waals surface area contributed by atoms with E-state index in [-0.39, 0.29) is 5.91 Å². The molecule has 1 N–H and O–H groups in total. The van der Waals surface area contributed by atoms with Crippen molar-refractivity contribution in [3.8, 4) is 0 Å². The number of hydrogen-bond donors (Lipinski definition) is 1. The van der Waals surface area contributed by atoms with E-state index in [2.05, 4.69) is 31.1 Å². The van der Waals surface area contributed by atoms with E-state index >= 15 is 0 Å². The first-order chi connectivity index (χ1) is 8.04. The van der Waals surface area contributed by atoms with Crippen LogP contribution in [0.15, 0.2) is 0 Å². The molecule has 1 amide bonds. The lowest BCUT2D eigenvalue weighted by Crippen LogP contribution is -2.45. The molecule has 0 aromatic heterocycles. The summed E-state index contributed by atoms with van der Waals surface area (Å²) in [5.74, 6) is 0.697. The number of piperidine rings is 1. The Morgan fingerprint density at radius 1 is 1.41 bits per heavy atom. The van der Waals surface area contributed by atoms with Gasteiger partial charge in [-0.15, -0.1) is 0 Å². The minimum Gasteiger partial charge on any atom is -0.353 e. The van der Waals surface area contributed by atoms with Gasteiger partial charge in [0, 0.05) is 18.5 Å². The molecule has 1 aliphatic rings. The van der Waals surface area contributed by atoms with Crippen LogP contribution >= 0.6 is 0 Å². The SMILES string of the molecule is CCC(=O)N[C@H](C[C@H]1CCCCN1C)C(C)C. The maximum Gasteiger partial charge on any atom is 0.219 e. The van der Waals surface area contributed by atoms with Gasteiger partial charge in [-0.05, 0) is 38.8 Å². The molecule has 1 heterocycles. The Balaban J connectivity index is 2.50. The predicted octanol–water partition coefficient (Wildman–Crippen LogP) is 2.41. The molecule has 0 aromatic carbocycles. The third-order valence-electron chi connectivity index (χ3n) is 3.92. The summed E-state index contributed by atoms with van der Waals surface area (Å²) in [4.78, 5) is 14.0. The number of carbonyl (C=O) groups excluding carboxylic acids is 1. The van der Waals surface area contributed by atoms with E-state index < -0.39 is 0 Å². The lowest BCUT2D eigenvalue weighted by molar-refractivity contribution is -0.121. The quantitative estimate of drug-likeness (QED) is 0.800. The molecule has 3 nitrogen and oxygen atoms in total. The number of nitrogens with one attached hydrogen (secondary N) is 1. The Bertz CT molecular complexity index is 240. The molecule has 2 atom stereocenters. The number of rotatable bonds is 5. The monoisotopic (exact) mass is 240 g/mol. The van der Waals surface area contributed by atoms with Gasteiger partial charge >= 0.3 is 0 Å². The van der Waals surface area contributed by atoms with Crippen LogP contribution < -0.4 is 5.32 Å². The summed E-state index contributed by atoms with van der Waals surface area (Å²) in [6.45, 7) is 7.52. The third kappa shape index (κ3) is 4.66. The molecular formula is C14H28N2O. The summed E-state index contributed by atoms with van der Waals surface area (Å²) in [5.41, 5.74) is 0. The summed E-state index contributed by atoms with van der Waals surface area (Å²) in [7, 11) is 2.21. The van der Waals surface area contributed by atoms with E-state index in [1.54, 1.807) is 0 Å². The van der Waals surface area contributed by atoms with E-state index in [0.717, 1.165) is 6.42 Å². The van der Waals surface area contributed by atoms with Gasteiger partial charge in [0.05, 0.1) is 0 Å². The molecule has 0 radical (unpaired) electrons. The summed E-state index contributed by atoms with van der Waals surface area (Å²) >= 11 is 0. The van der Waals surface area contributed by atoms with Gasteiger partial charge in [-0.3, -0.25) is 4.79 Å². The van der Waals surface area contributed by atoms with Crippen LogP contribution in [0.5, 0.6) is 0 Å². The van der Waals surface area contributed by atoms with Crippen molar-refractivity contribution in [1.29, 1.82) is 0 Å². The molecule has 1 aliphatic heterocycles. The number of hydrogen-bond acceptors (Lipinski definition) is 2. The Kier molecular flexibility index (Phi) is 5.96. The van der Waals surface area contributed by atoms with E-state index in [4.69, 9.17) is 0 Å². The number of amides is 1. The molecule has 0 unspecified atom stereocenters. The van der Waals surface area contributed by atoms with Gasteiger partial charge in [0.25, 0.3) is 0 Å². The fraction of sp³-hybridized carbons (Fsp3) is 0.929. The summed E-state index contributed by atoms with van der Waals surface area (Å²) < 4.78 is 0. The topological polar surface area (TPSA) is 32.3 Å². The van der Waals surface area contributed by atoms with Crippen molar-refractivity contribution in [3.05, 3.63) is 0 Å². The highest BCUT2D eigenvalue weighted by atomic mass is 16.1. The lowest BCUT2D eigenvalue weighted by Gasteiger charge is -2.36. The molecule has 17 heavy (non-hydrogen) atoms. The predicted molar refractivity (Wildman–Crippen MR) is 71.9 cm³/mol. The molecule has 0 aromatic rings. The third-order valence-corrected chi connectivity index (χ3v) is 3.92. The molecule has 0 aliphatic carbocycles. The van der Waals surface area contributed by atoms with Crippen LogP contribution in [0.3, 0.4) is 0 Å². The second kappa shape index (κ2) is 7.00. The van der Waals surface area contributed by atoms with Crippen molar-refractivity contribution in [3.63, 3.8) is 0 Å². The maximum atomic E-state index is 11.5. The van der Waals surface area contributed by atoms with Crippen molar-refractivity contribution in [2.45, 2.75) is 65.0 Å². The van der Waals surface area contributed by atoms with Crippen LogP contribution in [0.4, 0.5) is 0 Å². The number of carbonyl (C=O) groups is 1. The summed E-state index contributed by atoms with van der Waals surface area (Å²) in [5, 5.41) is 3.17. The Hall–Kier alpha value is -0.570. The van der Waals surface area contributed by atoms with E-state index in [9.17, 15) is 4.79 Å². The van der Waals surface area contributed by atoms with Crippen LogP contribution in [-0.2, 0) is 4.79 Å². The first-order valence-corrected chi connectivity index (χ1v) is 7.04. The zero-order valence-electron chi connectivity index (χ0n) is 11.8. The Labute approximate surface area is 106 Å². The van der Waals surface area contributed by atoms with Crippen molar-refractivity contribution in [2.24, 2.45) is 5.92 Å². The second-order valence-electron chi connectivity index (χ2n) is 5.64. The standard InChI is InChI=1S/C14H28N2O/c1-5-14(17)15-13(11(2)3)10-12-8-6-7-9-16(12)4/h11-13H,5-10H2,1-4H3,(H,15,17)/t12-,13-/m1/s1. The summed E-state index contributed by atoms with van der Waals surface area (Å²) in [6.07, 6.45) is 5.62. The van der Waals surface area contributed by atoms with Gasteiger partial charge in [0.15, 0.2) is 0 Å². The van der Waals surface area contributed by atoms with Crippen LogP contribution in [0.25, 0.3) is 0 Å². The smallest absolute Gasteiger partial charge is 0.219 e. The normalized spacial score (nSPS) is 23.7. The van der Waals surface area contributed by atoms with Crippen molar-refractivity contribution in [1.82, 2.24) is 10.2 Å². The van der Waals surface area contributed by atoms with Gasteiger partial charge in [-0.25, -0.2) is 0 Å². The maximum absolute atomic E-state index is 11.5. The lowest BCUT2D eigenvalue weighted by atomic mass is 9.91. The van der Waals surface area contributed by atoms with E-state index in [1.165, 1.54) is 25.8 Å². The van der Waals surface area contributed by atoms with E-state index in [1.807, 2.05) is 6.92 Å². The average molecular weight is 240 g/mol. The largest absolute Gasteiger partial charge is 0.353 e. The second-order valence-corrected chi connectivity index (χ2v) is 5.64. The van der Waals surface area contributed by atoms with Crippen LogP contribution in [0.1, 0.15) is 52.9 Å². The van der Waals surface area contributed by atoms with Crippen molar-refractivity contribution in [2.75, 3.05) is 13.6 Å². The van der Waals surface area contributed by atoms with Crippen LogP contribution in [0, 0.1) is 5.92 Å². The molecule has 1 rings (SSSR count). The highest BCUT2D eigenvalue weighted by molar-refractivity contribution is 5.75. The average Bonchev–Trinajstić information content (AvgIpc) is 2.30. The molecule has 1 saturated heterocycles.